The van der Waals surface area contributed by atoms with Crippen LogP contribution in [0.3, 0.4) is 0 Å². The number of rotatable bonds is 4. The van der Waals surface area contributed by atoms with E-state index >= 15 is 0 Å². The summed E-state index contributed by atoms with van der Waals surface area (Å²) in [5.74, 6) is -0.832. The maximum Gasteiger partial charge on any atom is 0.219 e. The van der Waals surface area contributed by atoms with Crippen molar-refractivity contribution in [2.24, 2.45) is 5.92 Å². The summed E-state index contributed by atoms with van der Waals surface area (Å²) < 4.78 is 0. The molecule has 2 N–H and O–H groups in total. The van der Waals surface area contributed by atoms with Crippen LogP contribution in [0.4, 0.5) is 0 Å². The van der Waals surface area contributed by atoms with Crippen molar-refractivity contribution in [3.05, 3.63) is 12.2 Å². The smallest absolute Gasteiger partial charge is 0.219 e. The number of nitrogens with zero attached hydrogens (tertiary/aromatic N) is 1. The molecule has 0 fully saturated rings. The van der Waals surface area contributed by atoms with Gasteiger partial charge >= 0.3 is 0 Å². The largest absolute Gasteiger partial charge is 0.343 e. The van der Waals surface area contributed by atoms with Gasteiger partial charge in [-0.3, -0.25) is 9.59 Å². The Kier molecular flexibility index (Phi) is 4.31. The normalized spacial score (nSPS) is 19.6. The zero-order valence-corrected chi connectivity index (χ0v) is 10.1. The second-order valence-electron chi connectivity index (χ2n) is 4.01. The second-order valence-corrected chi connectivity index (χ2v) is 4.01. The molecule has 5 nitrogen and oxygen atoms in total. The van der Waals surface area contributed by atoms with E-state index in [1.54, 1.807) is 4.90 Å². The van der Waals surface area contributed by atoms with Crippen LogP contribution >= 0.6 is 0 Å². The standard InChI is InChI=1S/C12H17N3O2/c1-3-15(8(2)16)7-6-9-10(13)4-5-11(17)12(9)14/h4-5,9,13-14H,3,6-7H2,1-2H3. The Morgan fingerprint density at radius 1 is 1.41 bits per heavy atom. The van der Waals surface area contributed by atoms with Gasteiger partial charge in [0.1, 0.15) is 0 Å². The number of carbonyl (C=O) groups is 2. The molecule has 1 atom stereocenters. The average molecular weight is 235 g/mol. The van der Waals surface area contributed by atoms with Gasteiger partial charge in [0.25, 0.3) is 0 Å². The fraction of sp³-hybridized carbons (Fsp3) is 0.500. The molecule has 1 rings (SSSR count). The molecule has 1 amide bonds. The molecule has 0 heterocycles. The molecule has 0 aliphatic heterocycles. The molecule has 0 saturated heterocycles. The predicted molar refractivity (Wildman–Crippen MR) is 65.6 cm³/mol. The van der Waals surface area contributed by atoms with Crippen molar-refractivity contribution in [3.63, 3.8) is 0 Å². The summed E-state index contributed by atoms with van der Waals surface area (Å²) in [6.45, 7) is 4.45. The summed E-state index contributed by atoms with van der Waals surface area (Å²) in [6, 6.07) is 0. The molecule has 0 aromatic heterocycles. The van der Waals surface area contributed by atoms with Crippen molar-refractivity contribution in [1.29, 1.82) is 10.8 Å². The Hall–Kier alpha value is -1.78. The van der Waals surface area contributed by atoms with E-state index < -0.39 is 5.92 Å². The third kappa shape index (κ3) is 3.09. The number of nitrogens with one attached hydrogen (secondary N) is 2. The van der Waals surface area contributed by atoms with Crippen LogP contribution in [0.15, 0.2) is 12.2 Å². The van der Waals surface area contributed by atoms with E-state index in [2.05, 4.69) is 0 Å². The van der Waals surface area contributed by atoms with Crippen molar-refractivity contribution < 1.29 is 9.59 Å². The highest BCUT2D eigenvalue weighted by molar-refractivity contribution is 6.49. The lowest BCUT2D eigenvalue weighted by atomic mass is 9.87. The average Bonchev–Trinajstić information content (AvgIpc) is 2.28. The van der Waals surface area contributed by atoms with E-state index in [4.69, 9.17) is 10.8 Å². The van der Waals surface area contributed by atoms with Crippen molar-refractivity contribution in [2.45, 2.75) is 20.3 Å². The minimum Gasteiger partial charge on any atom is -0.343 e. The lowest BCUT2D eigenvalue weighted by Crippen LogP contribution is -2.36. The summed E-state index contributed by atoms with van der Waals surface area (Å²) in [4.78, 5) is 24.2. The minimum atomic E-state index is -0.471. The fourth-order valence-corrected chi connectivity index (χ4v) is 1.82. The maximum atomic E-state index is 11.3. The number of ketones is 1. The Labute approximate surface area is 101 Å². The Morgan fingerprint density at radius 3 is 2.59 bits per heavy atom. The highest BCUT2D eigenvalue weighted by Crippen LogP contribution is 2.14. The van der Waals surface area contributed by atoms with Crippen LogP contribution in [0, 0.1) is 16.7 Å². The predicted octanol–water partition coefficient (Wildman–Crippen LogP) is 1.04. The molecular weight excluding hydrogens is 218 g/mol. The lowest BCUT2D eigenvalue weighted by molar-refractivity contribution is -0.128. The van der Waals surface area contributed by atoms with Crippen molar-refractivity contribution in [2.75, 3.05) is 13.1 Å². The van der Waals surface area contributed by atoms with Crippen LogP contribution in [0.5, 0.6) is 0 Å². The number of hydrogen-bond donors (Lipinski definition) is 2. The topological polar surface area (TPSA) is 85.1 Å². The molecule has 92 valence electrons. The van der Waals surface area contributed by atoms with E-state index in [0.29, 0.717) is 19.5 Å². The highest BCUT2D eigenvalue weighted by Gasteiger charge is 2.27. The SMILES string of the molecule is CCN(CCC1C(=N)C=CC(=O)C1=N)C(C)=O. The molecule has 1 unspecified atom stereocenters. The summed E-state index contributed by atoms with van der Waals surface area (Å²) in [5.41, 5.74) is 0.228. The summed E-state index contributed by atoms with van der Waals surface area (Å²) in [7, 11) is 0. The number of carbonyl (C=O) groups excluding carboxylic acids is 2. The quantitative estimate of drug-likeness (QED) is 0.762. The van der Waals surface area contributed by atoms with E-state index in [1.807, 2.05) is 6.92 Å². The first-order valence-electron chi connectivity index (χ1n) is 5.62. The number of hydrogen-bond acceptors (Lipinski definition) is 4. The number of allylic oxidation sites excluding steroid dienone is 2. The summed E-state index contributed by atoms with van der Waals surface area (Å²) in [5, 5.41) is 15.3. The van der Waals surface area contributed by atoms with E-state index in [9.17, 15) is 9.59 Å². The minimum absolute atomic E-state index is 0.0248. The molecule has 0 radical (unpaired) electrons. The zero-order chi connectivity index (χ0) is 13.0. The van der Waals surface area contributed by atoms with E-state index in [1.165, 1.54) is 19.1 Å². The van der Waals surface area contributed by atoms with Crippen molar-refractivity contribution >= 4 is 23.1 Å². The van der Waals surface area contributed by atoms with Crippen LogP contribution in [0.25, 0.3) is 0 Å². The van der Waals surface area contributed by atoms with Gasteiger partial charge in [-0.1, -0.05) is 0 Å². The molecule has 17 heavy (non-hydrogen) atoms. The second kappa shape index (κ2) is 5.52. The van der Waals surface area contributed by atoms with Gasteiger partial charge in [-0.05, 0) is 25.5 Å². The van der Waals surface area contributed by atoms with Gasteiger partial charge in [0, 0.05) is 31.6 Å². The summed E-state index contributed by atoms with van der Waals surface area (Å²) >= 11 is 0. The summed E-state index contributed by atoms with van der Waals surface area (Å²) in [6.07, 6.45) is 3.15. The first-order valence-corrected chi connectivity index (χ1v) is 5.62. The molecule has 0 spiro atoms. The van der Waals surface area contributed by atoms with Gasteiger partial charge < -0.3 is 15.7 Å². The first-order chi connectivity index (χ1) is 7.97. The Morgan fingerprint density at radius 2 is 2.06 bits per heavy atom. The molecule has 0 aromatic carbocycles. The Bertz CT molecular complexity index is 399. The zero-order valence-electron chi connectivity index (χ0n) is 10.1. The molecule has 1 aliphatic carbocycles. The number of amides is 1. The molecule has 1 aliphatic rings. The third-order valence-electron chi connectivity index (χ3n) is 2.92. The van der Waals surface area contributed by atoms with Crippen LogP contribution in [0.2, 0.25) is 0 Å². The van der Waals surface area contributed by atoms with Gasteiger partial charge in [0.05, 0.1) is 5.71 Å². The molecule has 5 heteroatoms. The molecule has 0 bridgehead atoms. The molecule has 0 saturated carbocycles. The molecular formula is C12H17N3O2. The third-order valence-corrected chi connectivity index (χ3v) is 2.92. The van der Waals surface area contributed by atoms with Gasteiger partial charge in [-0.15, -0.1) is 0 Å². The van der Waals surface area contributed by atoms with Crippen LogP contribution < -0.4 is 0 Å². The van der Waals surface area contributed by atoms with E-state index in [-0.39, 0.29) is 23.1 Å². The first kappa shape index (κ1) is 13.3. The highest BCUT2D eigenvalue weighted by atomic mass is 16.2. The van der Waals surface area contributed by atoms with Gasteiger partial charge in [-0.25, -0.2) is 0 Å². The van der Waals surface area contributed by atoms with Gasteiger partial charge in [0.2, 0.25) is 5.91 Å². The Balaban J connectivity index is 2.65. The van der Waals surface area contributed by atoms with Gasteiger partial charge in [-0.2, -0.15) is 0 Å². The lowest BCUT2D eigenvalue weighted by Gasteiger charge is -2.24. The van der Waals surface area contributed by atoms with Crippen LogP contribution in [0.1, 0.15) is 20.3 Å². The van der Waals surface area contributed by atoms with Crippen molar-refractivity contribution in [3.8, 4) is 0 Å². The fourth-order valence-electron chi connectivity index (χ4n) is 1.82. The van der Waals surface area contributed by atoms with Gasteiger partial charge in [0.15, 0.2) is 5.78 Å². The van der Waals surface area contributed by atoms with Crippen molar-refractivity contribution in [1.82, 2.24) is 4.90 Å². The van der Waals surface area contributed by atoms with E-state index in [0.717, 1.165) is 0 Å². The van der Waals surface area contributed by atoms with Crippen LogP contribution in [-0.2, 0) is 9.59 Å². The van der Waals surface area contributed by atoms with Crippen LogP contribution in [-0.4, -0.2) is 41.1 Å². The maximum absolute atomic E-state index is 11.3. The molecule has 0 aromatic rings. The monoisotopic (exact) mass is 235 g/mol.